The number of methoxy groups -OCH3 is 2. The summed E-state index contributed by atoms with van der Waals surface area (Å²) in [6.45, 7) is 3.98. The van der Waals surface area contributed by atoms with Crippen molar-refractivity contribution in [1.82, 2.24) is 15.5 Å². The van der Waals surface area contributed by atoms with E-state index in [0.717, 1.165) is 19.6 Å². The summed E-state index contributed by atoms with van der Waals surface area (Å²) in [6, 6.07) is 5.19. The maximum atomic E-state index is 12.9. The van der Waals surface area contributed by atoms with Crippen molar-refractivity contribution in [2.24, 2.45) is 11.8 Å². The van der Waals surface area contributed by atoms with Crippen LogP contribution >= 0.6 is 12.4 Å². The van der Waals surface area contributed by atoms with Crippen LogP contribution in [-0.2, 0) is 4.79 Å². The molecule has 7 nitrogen and oxygen atoms in total. The summed E-state index contributed by atoms with van der Waals surface area (Å²) in [5.74, 6) is 1.77. The molecule has 1 aromatic carbocycles. The van der Waals surface area contributed by atoms with Crippen LogP contribution in [-0.4, -0.2) is 63.7 Å². The molecule has 162 valence electrons. The smallest absolute Gasteiger partial charge is 0.254 e. The van der Waals surface area contributed by atoms with Gasteiger partial charge in [0.15, 0.2) is 0 Å². The zero-order chi connectivity index (χ0) is 19.9. The van der Waals surface area contributed by atoms with Crippen LogP contribution in [0, 0.1) is 11.8 Å². The first-order valence-corrected chi connectivity index (χ1v) is 10.1. The van der Waals surface area contributed by atoms with Gasteiger partial charge in [-0.1, -0.05) is 0 Å². The Morgan fingerprint density at radius 3 is 2.31 bits per heavy atom. The number of halogens is 1. The fraction of sp³-hybridized carbons (Fsp3) is 0.619. The number of ether oxygens (including phenoxy) is 2. The van der Waals surface area contributed by atoms with Crippen LogP contribution < -0.4 is 20.1 Å². The minimum absolute atomic E-state index is 0. The lowest BCUT2D eigenvalue weighted by Gasteiger charge is -2.32. The highest BCUT2D eigenvalue weighted by atomic mass is 35.5. The molecule has 1 unspecified atom stereocenters. The molecule has 0 radical (unpaired) electrons. The van der Waals surface area contributed by atoms with Crippen molar-refractivity contribution in [2.45, 2.75) is 25.7 Å². The second-order valence-electron chi connectivity index (χ2n) is 7.63. The molecule has 2 fully saturated rings. The van der Waals surface area contributed by atoms with E-state index in [-0.39, 0.29) is 30.1 Å². The Morgan fingerprint density at radius 2 is 1.76 bits per heavy atom. The third-order valence-corrected chi connectivity index (χ3v) is 5.72. The van der Waals surface area contributed by atoms with Crippen LogP contribution in [0.1, 0.15) is 36.0 Å². The molecule has 3 rings (SSSR count). The molecule has 0 saturated carbocycles. The van der Waals surface area contributed by atoms with E-state index in [1.165, 1.54) is 12.8 Å². The highest BCUT2D eigenvalue weighted by molar-refractivity contribution is 5.95. The molecule has 29 heavy (non-hydrogen) atoms. The van der Waals surface area contributed by atoms with E-state index < -0.39 is 0 Å². The quantitative estimate of drug-likeness (QED) is 0.729. The summed E-state index contributed by atoms with van der Waals surface area (Å²) in [5, 5.41) is 6.49. The van der Waals surface area contributed by atoms with Crippen molar-refractivity contribution in [3.8, 4) is 11.5 Å². The topological polar surface area (TPSA) is 79.9 Å². The van der Waals surface area contributed by atoms with Gasteiger partial charge in [-0.25, -0.2) is 0 Å². The fourth-order valence-corrected chi connectivity index (χ4v) is 3.95. The molecule has 2 heterocycles. The zero-order valence-corrected chi connectivity index (χ0v) is 18.1. The summed E-state index contributed by atoms with van der Waals surface area (Å²) >= 11 is 0. The summed E-state index contributed by atoms with van der Waals surface area (Å²) in [6.07, 6.45) is 3.74. The van der Waals surface area contributed by atoms with Crippen molar-refractivity contribution in [1.29, 1.82) is 0 Å². The van der Waals surface area contributed by atoms with Crippen molar-refractivity contribution in [2.75, 3.05) is 46.9 Å². The molecule has 0 aromatic heterocycles. The predicted molar refractivity (Wildman–Crippen MR) is 114 cm³/mol. The fourth-order valence-electron chi connectivity index (χ4n) is 3.95. The molecule has 1 aromatic rings. The van der Waals surface area contributed by atoms with E-state index in [2.05, 4.69) is 10.6 Å². The van der Waals surface area contributed by atoms with Gasteiger partial charge >= 0.3 is 0 Å². The average Bonchev–Trinajstić information content (AvgIpc) is 2.77. The van der Waals surface area contributed by atoms with E-state index in [0.29, 0.717) is 48.9 Å². The summed E-state index contributed by atoms with van der Waals surface area (Å²) in [4.78, 5) is 27.1. The van der Waals surface area contributed by atoms with Crippen LogP contribution in [0.15, 0.2) is 18.2 Å². The highest BCUT2D eigenvalue weighted by Gasteiger charge is 2.28. The Kier molecular flexibility index (Phi) is 9.04. The second-order valence-corrected chi connectivity index (χ2v) is 7.63. The summed E-state index contributed by atoms with van der Waals surface area (Å²) in [5.41, 5.74) is 0.545. The third kappa shape index (κ3) is 6.24. The number of carbonyl (C=O) groups excluding carboxylic acids is 2. The van der Waals surface area contributed by atoms with Gasteiger partial charge in [0, 0.05) is 37.2 Å². The predicted octanol–water partition coefficient (Wildman–Crippen LogP) is 2.09. The molecular weight excluding hydrogens is 394 g/mol. The molecule has 2 saturated heterocycles. The number of benzene rings is 1. The molecule has 1 atom stereocenters. The normalized spacial score (nSPS) is 19.8. The molecule has 8 heteroatoms. The first-order chi connectivity index (χ1) is 13.6. The number of carbonyl (C=O) groups is 2. The van der Waals surface area contributed by atoms with Gasteiger partial charge in [-0.15, -0.1) is 12.4 Å². The maximum absolute atomic E-state index is 12.9. The largest absolute Gasteiger partial charge is 0.497 e. The van der Waals surface area contributed by atoms with Gasteiger partial charge in [-0.3, -0.25) is 9.59 Å². The monoisotopic (exact) mass is 425 g/mol. The molecule has 0 aliphatic carbocycles. The van der Waals surface area contributed by atoms with Crippen molar-refractivity contribution < 1.29 is 19.1 Å². The lowest BCUT2D eigenvalue weighted by molar-refractivity contribution is -0.126. The lowest BCUT2D eigenvalue weighted by Crippen LogP contribution is -2.45. The second kappa shape index (κ2) is 11.3. The summed E-state index contributed by atoms with van der Waals surface area (Å²) in [7, 11) is 3.13. The number of nitrogens with zero attached hydrogens (tertiary/aromatic N) is 1. The minimum Gasteiger partial charge on any atom is -0.497 e. The van der Waals surface area contributed by atoms with E-state index >= 15 is 0 Å². The highest BCUT2D eigenvalue weighted by Crippen LogP contribution is 2.25. The van der Waals surface area contributed by atoms with Gasteiger partial charge in [0.2, 0.25) is 5.91 Å². The van der Waals surface area contributed by atoms with Gasteiger partial charge in [0.1, 0.15) is 11.5 Å². The van der Waals surface area contributed by atoms with Crippen LogP contribution in [0.5, 0.6) is 11.5 Å². The number of piperidine rings is 2. The average molecular weight is 426 g/mol. The van der Waals surface area contributed by atoms with Crippen molar-refractivity contribution >= 4 is 24.2 Å². The van der Waals surface area contributed by atoms with Crippen LogP contribution in [0.3, 0.4) is 0 Å². The van der Waals surface area contributed by atoms with Crippen LogP contribution in [0.2, 0.25) is 0 Å². The van der Waals surface area contributed by atoms with E-state index in [4.69, 9.17) is 9.47 Å². The van der Waals surface area contributed by atoms with Crippen molar-refractivity contribution in [3.63, 3.8) is 0 Å². The number of amides is 2. The summed E-state index contributed by atoms with van der Waals surface area (Å²) < 4.78 is 10.5. The molecule has 0 spiro atoms. The Bertz CT molecular complexity index is 664. The minimum atomic E-state index is -0.0515. The number of rotatable bonds is 6. The van der Waals surface area contributed by atoms with E-state index in [9.17, 15) is 9.59 Å². The first-order valence-electron chi connectivity index (χ1n) is 10.1. The van der Waals surface area contributed by atoms with E-state index in [1.54, 1.807) is 32.4 Å². The lowest BCUT2D eigenvalue weighted by atomic mass is 9.94. The molecular formula is C21H32ClN3O4. The standard InChI is InChI=1S/C21H31N3O4.ClH/c1-27-18-10-17(11-19(12-18)28-2)21(26)24-8-5-16(6-9-24)20(25)23-14-15-4-3-7-22-13-15;/h10-12,15-16,22H,3-9,13-14H2,1-2H3,(H,23,25);1H. The van der Waals surface area contributed by atoms with Crippen molar-refractivity contribution in [3.05, 3.63) is 23.8 Å². The zero-order valence-electron chi connectivity index (χ0n) is 17.2. The van der Waals surface area contributed by atoms with Gasteiger partial charge in [-0.2, -0.15) is 0 Å². The number of nitrogens with one attached hydrogen (secondary N) is 2. The Labute approximate surface area is 178 Å². The molecule has 0 bridgehead atoms. The number of likely N-dealkylation sites (tertiary alicyclic amines) is 1. The van der Waals surface area contributed by atoms with E-state index in [1.807, 2.05) is 4.90 Å². The SMILES string of the molecule is COc1cc(OC)cc(C(=O)N2CCC(C(=O)NCC3CCCNC3)CC2)c1.Cl. The number of hydrogen-bond donors (Lipinski definition) is 2. The van der Waals surface area contributed by atoms with Gasteiger partial charge in [0.25, 0.3) is 5.91 Å². The Hall–Kier alpha value is -1.99. The Balaban J connectivity index is 0.00000300. The molecule has 2 N–H and O–H groups in total. The Morgan fingerprint density at radius 1 is 1.10 bits per heavy atom. The van der Waals surface area contributed by atoms with Gasteiger partial charge in [-0.05, 0) is 56.8 Å². The molecule has 2 amide bonds. The molecule has 2 aliphatic heterocycles. The third-order valence-electron chi connectivity index (χ3n) is 5.72. The first kappa shape index (κ1) is 23.3. The van der Waals surface area contributed by atoms with Gasteiger partial charge < -0.3 is 25.0 Å². The van der Waals surface area contributed by atoms with Crippen LogP contribution in [0.4, 0.5) is 0 Å². The number of hydrogen-bond acceptors (Lipinski definition) is 5. The van der Waals surface area contributed by atoms with Gasteiger partial charge in [0.05, 0.1) is 14.2 Å². The molecule has 2 aliphatic rings. The maximum Gasteiger partial charge on any atom is 0.254 e. The van der Waals surface area contributed by atoms with Crippen LogP contribution in [0.25, 0.3) is 0 Å².